The number of para-hydroxylation sites is 1. The van der Waals surface area contributed by atoms with Crippen molar-refractivity contribution in [1.29, 1.82) is 0 Å². The summed E-state index contributed by atoms with van der Waals surface area (Å²) in [6.45, 7) is 0. The average molecular weight is 223 g/mol. The summed E-state index contributed by atoms with van der Waals surface area (Å²) in [5.41, 5.74) is 3.53. The lowest BCUT2D eigenvalue weighted by molar-refractivity contribution is 0.415. The van der Waals surface area contributed by atoms with Gasteiger partial charge in [0.05, 0.1) is 12.6 Å². The van der Waals surface area contributed by atoms with E-state index in [0.717, 1.165) is 11.3 Å². The number of nitrogens with one attached hydrogen (secondary N) is 1. The summed E-state index contributed by atoms with van der Waals surface area (Å²) >= 11 is 0. The van der Waals surface area contributed by atoms with Crippen molar-refractivity contribution in [1.82, 2.24) is 4.98 Å². The lowest BCUT2D eigenvalue weighted by Crippen LogP contribution is -1.84. The number of aromatic nitrogens is 1. The van der Waals surface area contributed by atoms with Gasteiger partial charge < -0.3 is 9.72 Å². The third-order valence-electron chi connectivity index (χ3n) is 2.97. The van der Waals surface area contributed by atoms with E-state index in [1.54, 1.807) is 7.11 Å². The zero-order chi connectivity index (χ0) is 11.7. The van der Waals surface area contributed by atoms with Crippen molar-refractivity contribution in [2.75, 3.05) is 7.11 Å². The molecule has 84 valence electrons. The number of hydrogen-bond acceptors (Lipinski definition) is 1. The first-order chi connectivity index (χ1) is 8.38. The molecule has 0 aliphatic rings. The Hall–Kier alpha value is -2.22. The molecule has 3 rings (SSSR count). The molecular formula is C15H13NO. The maximum Gasteiger partial charge on any atom is 0.119 e. The van der Waals surface area contributed by atoms with E-state index in [1.165, 1.54) is 16.5 Å². The average Bonchev–Trinajstić information content (AvgIpc) is 2.87. The predicted molar refractivity (Wildman–Crippen MR) is 70.3 cm³/mol. The zero-order valence-corrected chi connectivity index (χ0v) is 9.60. The topological polar surface area (TPSA) is 25.0 Å². The quantitative estimate of drug-likeness (QED) is 0.701. The van der Waals surface area contributed by atoms with E-state index in [2.05, 4.69) is 41.4 Å². The van der Waals surface area contributed by atoms with Crippen molar-refractivity contribution in [3.05, 3.63) is 54.7 Å². The number of fused-ring (bicyclic) bond motifs is 1. The van der Waals surface area contributed by atoms with Crippen LogP contribution in [0.1, 0.15) is 0 Å². The fraction of sp³-hybridized carbons (Fsp3) is 0.0667. The third kappa shape index (κ3) is 1.68. The number of ether oxygens (including phenoxy) is 1. The lowest BCUT2D eigenvalue weighted by Gasteiger charge is -2.06. The molecule has 0 radical (unpaired) electrons. The largest absolute Gasteiger partial charge is 0.497 e. The van der Waals surface area contributed by atoms with Crippen LogP contribution in [0.2, 0.25) is 0 Å². The predicted octanol–water partition coefficient (Wildman–Crippen LogP) is 3.84. The summed E-state index contributed by atoms with van der Waals surface area (Å²) in [6.07, 6.45) is 1.97. The number of aromatic amines is 1. The van der Waals surface area contributed by atoms with Crippen LogP contribution < -0.4 is 4.74 Å². The minimum absolute atomic E-state index is 0.881. The van der Waals surface area contributed by atoms with Crippen LogP contribution in [0.5, 0.6) is 5.75 Å². The molecule has 0 saturated carbocycles. The van der Waals surface area contributed by atoms with E-state index in [4.69, 9.17) is 4.74 Å². The molecule has 0 amide bonds. The molecule has 17 heavy (non-hydrogen) atoms. The molecule has 0 bridgehead atoms. The SMILES string of the molecule is COc1cccc(-c2cccc3cc[nH]c23)c1. The highest BCUT2D eigenvalue weighted by Crippen LogP contribution is 2.29. The highest BCUT2D eigenvalue weighted by molar-refractivity contribution is 5.94. The van der Waals surface area contributed by atoms with Crippen molar-refractivity contribution in [3.63, 3.8) is 0 Å². The fourth-order valence-electron chi connectivity index (χ4n) is 2.12. The van der Waals surface area contributed by atoms with Crippen molar-refractivity contribution >= 4 is 10.9 Å². The van der Waals surface area contributed by atoms with Gasteiger partial charge in [-0.15, -0.1) is 0 Å². The second-order valence-electron chi connectivity index (χ2n) is 3.98. The maximum atomic E-state index is 5.26. The first-order valence-electron chi connectivity index (χ1n) is 5.59. The Morgan fingerprint density at radius 1 is 1.00 bits per heavy atom. The fourth-order valence-corrected chi connectivity index (χ4v) is 2.12. The summed E-state index contributed by atoms with van der Waals surface area (Å²) in [4.78, 5) is 3.28. The zero-order valence-electron chi connectivity index (χ0n) is 9.60. The van der Waals surface area contributed by atoms with Crippen LogP contribution in [-0.4, -0.2) is 12.1 Å². The minimum Gasteiger partial charge on any atom is -0.497 e. The van der Waals surface area contributed by atoms with Gasteiger partial charge in [-0.05, 0) is 29.1 Å². The van der Waals surface area contributed by atoms with Gasteiger partial charge in [-0.1, -0.05) is 30.3 Å². The number of methoxy groups -OCH3 is 1. The highest BCUT2D eigenvalue weighted by Gasteiger charge is 2.04. The van der Waals surface area contributed by atoms with Gasteiger partial charge in [0.2, 0.25) is 0 Å². The van der Waals surface area contributed by atoms with Gasteiger partial charge in [-0.25, -0.2) is 0 Å². The Balaban J connectivity index is 2.23. The smallest absolute Gasteiger partial charge is 0.119 e. The second-order valence-corrected chi connectivity index (χ2v) is 3.98. The van der Waals surface area contributed by atoms with Gasteiger partial charge in [0.15, 0.2) is 0 Å². The van der Waals surface area contributed by atoms with Crippen LogP contribution in [0.4, 0.5) is 0 Å². The first kappa shape index (κ1) is 9.97. The van der Waals surface area contributed by atoms with Gasteiger partial charge in [-0.3, -0.25) is 0 Å². The normalized spacial score (nSPS) is 10.6. The number of hydrogen-bond donors (Lipinski definition) is 1. The van der Waals surface area contributed by atoms with Crippen LogP contribution in [0, 0.1) is 0 Å². The van der Waals surface area contributed by atoms with Crippen molar-refractivity contribution < 1.29 is 4.74 Å². The summed E-state index contributed by atoms with van der Waals surface area (Å²) in [6, 6.07) is 16.5. The van der Waals surface area contributed by atoms with Crippen molar-refractivity contribution in [3.8, 4) is 16.9 Å². The van der Waals surface area contributed by atoms with Crippen LogP contribution >= 0.6 is 0 Å². The van der Waals surface area contributed by atoms with Crippen LogP contribution in [0.3, 0.4) is 0 Å². The van der Waals surface area contributed by atoms with Gasteiger partial charge in [0, 0.05) is 11.8 Å². The molecule has 1 N–H and O–H groups in total. The maximum absolute atomic E-state index is 5.26. The first-order valence-corrected chi connectivity index (χ1v) is 5.59. The molecule has 2 heteroatoms. The summed E-state index contributed by atoms with van der Waals surface area (Å²) in [5.74, 6) is 0.881. The Morgan fingerprint density at radius 3 is 2.76 bits per heavy atom. The highest BCUT2D eigenvalue weighted by atomic mass is 16.5. The Kier molecular flexibility index (Phi) is 2.33. The van der Waals surface area contributed by atoms with Gasteiger partial charge >= 0.3 is 0 Å². The second kappa shape index (κ2) is 3.98. The Morgan fingerprint density at radius 2 is 1.88 bits per heavy atom. The Bertz CT molecular complexity index is 655. The number of benzene rings is 2. The molecular weight excluding hydrogens is 210 g/mol. The molecule has 1 aromatic heterocycles. The van der Waals surface area contributed by atoms with E-state index < -0.39 is 0 Å². The summed E-state index contributed by atoms with van der Waals surface area (Å²) in [7, 11) is 1.69. The van der Waals surface area contributed by atoms with Gasteiger partial charge in [0.25, 0.3) is 0 Å². The number of rotatable bonds is 2. The molecule has 1 heterocycles. The molecule has 2 aromatic carbocycles. The molecule has 2 nitrogen and oxygen atoms in total. The van der Waals surface area contributed by atoms with Crippen LogP contribution in [0.25, 0.3) is 22.0 Å². The molecule has 0 spiro atoms. The molecule has 0 aliphatic carbocycles. The molecule has 0 fully saturated rings. The summed E-state index contributed by atoms with van der Waals surface area (Å²) in [5, 5.41) is 1.23. The van der Waals surface area contributed by atoms with Crippen LogP contribution in [0.15, 0.2) is 54.7 Å². The minimum atomic E-state index is 0.881. The lowest BCUT2D eigenvalue weighted by atomic mass is 10.0. The molecule has 0 atom stereocenters. The number of H-pyrrole nitrogens is 1. The molecule has 0 saturated heterocycles. The van der Waals surface area contributed by atoms with E-state index in [9.17, 15) is 0 Å². The van der Waals surface area contributed by atoms with Crippen molar-refractivity contribution in [2.45, 2.75) is 0 Å². The van der Waals surface area contributed by atoms with E-state index >= 15 is 0 Å². The Labute approximate surface area is 99.9 Å². The van der Waals surface area contributed by atoms with Crippen LogP contribution in [-0.2, 0) is 0 Å². The third-order valence-corrected chi connectivity index (χ3v) is 2.97. The van der Waals surface area contributed by atoms with E-state index in [1.807, 2.05) is 18.3 Å². The standard InChI is InChI=1S/C15H13NO/c1-17-13-6-2-5-12(10-13)14-7-3-4-11-8-9-16-15(11)14/h2-10,16H,1H3. The molecule has 3 aromatic rings. The van der Waals surface area contributed by atoms with E-state index in [0.29, 0.717) is 0 Å². The monoisotopic (exact) mass is 223 g/mol. The van der Waals surface area contributed by atoms with Crippen molar-refractivity contribution in [2.24, 2.45) is 0 Å². The van der Waals surface area contributed by atoms with Gasteiger partial charge in [0.1, 0.15) is 5.75 Å². The summed E-state index contributed by atoms with van der Waals surface area (Å²) < 4.78 is 5.26. The molecule has 0 unspecified atom stereocenters. The van der Waals surface area contributed by atoms with E-state index in [-0.39, 0.29) is 0 Å². The molecule has 0 aliphatic heterocycles. The van der Waals surface area contributed by atoms with Gasteiger partial charge in [-0.2, -0.15) is 0 Å².